The normalized spacial score (nSPS) is 17.4. The van der Waals surface area contributed by atoms with Crippen molar-refractivity contribution in [2.24, 2.45) is 0 Å². The van der Waals surface area contributed by atoms with Crippen molar-refractivity contribution in [2.75, 3.05) is 6.61 Å². The van der Waals surface area contributed by atoms with E-state index in [9.17, 15) is 22.8 Å². The number of hydrogen-bond donors (Lipinski definition) is 0. The van der Waals surface area contributed by atoms with Crippen molar-refractivity contribution in [3.8, 4) is 16.9 Å². The van der Waals surface area contributed by atoms with Crippen LogP contribution in [0, 0.1) is 13.8 Å². The van der Waals surface area contributed by atoms with Gasteiger partial charge in [-0.1, -0.05) is 18.1 Å². The Morgan fingerprint density at radius 2 is 2.00 bits per heavy atom. The highest BCUT2D eigenvalue weighted by Crippen LogP contribution is 2.45. The highest BCUT2D eigenvalue weighted by Gasteiger charge is 2.46. The molecule has 1 unspecified atom stereocenters. The molecule has 1 aromatic carbocycles. The third-order valence-corrected chi connectivity index (χ3v) is 6.24. The first-order valence-electron chi connectivity index (χ1n) is 10.7. The Labute approximate surface area is 195 Å². The summed E-state index contributed by atoms with van der Waals surface area (Å²) in [6.07, 6.45) is -3.44. The lowest BCUT2D eigenvalue weighted by Crippen LogP contribution is -2.49. The van der Waals surface area contributed by atoms with Crippen molar-refractivity contribution in [1.82, 2.24) is 19.4 Å². The van der Waals surface area contributed by atoms with E-state index in [2.05, 4.69) is 15.0 Å². The average molecular weight is 488 g/mol. The lowest BCUT2D eigenvalue weighted by atomic mass is 9.89. The van der Waals surface area contributed by atoms with E-state index in [1.165, 1.54) is 10.6 Å². The molecule has 5 rings (SSSR count). The van der Waals surface area contributed by atoms with Crippen molar-refractivity contribution in [1.29, 1.82) is 0 Å². The molecule has 1 aliphatic rings. The number of pyridine rings is 1. The molecule has 0 bridgehead atoms. The number of alkyl halides is 3. The first-order valence-corrected chi connectivity index (χ1v) is 10.7. The van der Waals surface area contributed by atoms with E-state index >= 15 is 0 Å². The summed E-state index contributed by atoms with van der Waals surface area (Å²) in [7, 11) is 0. The number of aryl methyl sites for hydroxylation is 2. The Morgan fingerprint density at radius 1 is 1.23 bits per heavy atom. The maximum Gasteiger partial charge on any atom is 0.493 e. The number of nitrogens with zero attached hydrogens (tertiary/aromatic N) is 4. The standard InChI is InChI=1S/C23H19F3N4O5/c1-4-22(16-7-5-6-10-27-16)11-33-19-14(17-12(2)28-34-13(17)3)8-9-15-18(19)29(22)21(32)30(15)35-20(31)23(24,25)26/h5-10H,4,11H2,1-3H3. The predicted octanol–water partition coefficient (Wildman–Crippen LogP) is 3.53. The monoisotopic (exact) mass is 488 g/mol. The fraction of sp³-hybridized carbons (Fsp3) is 0.304. The van der Waals surface area contributed by atoms with Crippen molar-refractivity contribution in [2.45, 2.75) is 38.9 Å². The zero-order chi connectivity index (χ0) is 25.1. The summed E-state index contributed by atoms with van der Waals surface area (Å²) in [4.78, 5) is 34.3. The SMILES string of the molecule is CCC1(c2ccccn2)COc2c(-c3c(C)noc3C)ccc3c2n1c(=O)n3OC(=O)C(F)(F)F. The number of halogens is 3. The molecule has 1 aliphatic heterocycles. The van der Waals surface area contributed by atoms with Gasteiger partial charge in [0.25, 0.3) is 0 Å². The highest BCUT2D eigenvalue weighted by molar-refractivity contribution is 5.93. The van der Waals surface area contributed by atoms with Crippen molar-refractivity contribution < 1.29 is 32.1 Å². The second kappa shape index (κ2) is 7.72. The maximum absolute atomic E-state index is 13.6. The molecular weight excluding hydrogens is 469 g/mol. The molecular formula is C23H19F3N4O5. The van der Waals surface area contributed by atoms with Crippen LogP contribution in [0.25, 0.3) is 22.2 Å². The summed E-state index contributed by atoms with van der Waals surface area (Å²) < 4.78 is 52.2. The molecule has 3 aromatic heterocycles. The fourth-order valence-corrected chi connectivity index (χ4v) is 4.58. The Bertz CT molecular complexity index is 1500. The molecule has 0 spiro atoms. The van der Waals surface area contributed by atoms with Gasteiger partial charge in [-0.25, -0.2) is 9.59 Å². The minimum absolute atomic E-state index is 0.0415. The van der Waals surface area contributed by atoms with Crippen molar-refractivity contribution >= 4 is 17.0 Å². The molecule has 0 radical (unpaired) electrons. The van der Waals surface area contributed by atoms with E-state index < -0.39 is 23.4 Å². The van der Waals surface area contributed by atoms with Gasteiger partial charge in [-0.3, -0.25) is 9.55 Å². The smallest absolute Gasteiger partial charge is 0.488 e. The Balaban J connectivity index is 1.87. The van der Waals surface area contributed by atoms with Crippen LogP contribution < -0.4 is 15.3 Å². The van der Waals surface area contributed by atoms with Gasteiger partial charge in [0.1, 0.15) is 28.9 Å². The van der Waals surface area contributed by atoms with E-state index in [1.54, 1.807) is 51.2 Å². The third-order valence-electron chi connectivity index (χ3n) is 6.24. The van der Waals surface area contributed by atoms with Gasteiger partial charge in [-0.15, -0.1) is 4.73 Å². The van der Waals surface area contributed by atoms with Crippen molar-refractivity contribution in [3.05, 3.63) is 64.2 Å². The number of carbonyl (C=O) groups is 1. The van der Waals surface area contributed by atoms with E-state index in [1.807, 2.05) is 0 Å². The van der Waals surface area contributed by atoms with E-state index in [0.717, 1.165) is 0 Å². The number of aromatic nitrogens is 4. The molecule has 4 aromatic rings. The summed E-state index contributed by atoms with van der Waals surface area (Å²) in [5, 5.41) is 3.96. The molecule has 1 atom stereocenters. The van der Waals surface area contributed by atoms with Crippen LogP contribution in [0.3, 0.4) is 0 Å². The van der Waals surface area contributed by atoms with Gasteiger partial charge in [0.15, 0.2) is 5.75 Å². The summed E-state index contributed by atoms with van der Waals surface area (Å²) in [6.45, 7) is 5.21. The van der Waals surface area contributed by atoms with E-state index in [4.69, 9.17) is 9.26 Å². The van der Waals surface area contributed by atoms with Crippen LogP contribution in [-0.2, 0) is 10.3 Å². The van der Waals surface area contributed by atoms with E-state index in [-0.39, 0.29) is 23.4 Å². The van der Waals surface area contributed by atoms with Gasteiger partial charge in [-0.05, 0) is 44.5 Å². The minimum Gasteiger partial charge on any atom is -0.488 e. The minimum atomic E-state index is -5.30. The Morgan fingerprint density at radius 3 is 2.60 bits per heavy atom. The quantitative estimate of drug-likeness (QED) is 0.433. The van der Waals surface area contributed by atoms with Crippen molar-refractivity contribution in [3.63, 3.8) is 0 Å². The molecule has 9 nitrogen and oxygen atoms in total. The van der Waals surface area contributed by atoms with Crippen LogP contribution in [0.2, 0.25) is 0 Å². The van der Waals surface area contributed by atoms with Crippen LogP contribution in [-0.4, -0.2) is 38.2 Å². The molecule has 0 N–H and O–H groups in total. The average Bonchev–Trinajstić information content (AvgIpc) is 3.32. The molecule has 182 valence electrons. The number of carbonyl (C=O) groups excluding carboxylic acids is 1. The number of imidazole rings is 1. The van der Waals surface area contributed by atoms with Crippen LogP contribution in [0.15, 0.2) is 45.8 Å². The predicted molar refractivity (Wildman–Crippen MR) is 116 cm³/mol. The lowest BCUT2D eigenvalue weighted by Gasteiger charge is -2.37. The topological polar surface area (TPSA) is 101 Å². The summed E-state index contributed by atoms with van der Waals surface area (Å²) in [6, 6.07) is 8.10. The van der Waals surface area contributed by atoms with E-state index in [0.29, 0.717) is 39.4 Å². The van der Waals surface area contributed by atoms with Gasteiger partial charge < -0.3 is 14.1 Å². The lowest BCUT2D eigenvalue weighted by molar-refractivity contribution is -0.199. The zero-order valence-electron chi connectivity index (χ0n) is 18.8. The second-order valence-corrected chi connectivity index (χ2v) is 8.19. The molecule has 4 heterocycles. The van der Waals surface area contributed by atoms with Gasteiger partial charge in [0, 0.05) is 11.8 Å². The molecule has 0 fully saturated rings. The molecule has 0 saturated carbocycles. The van der Waals surface area contributed by atoms with Crippen LogP contribution in [0.1, 0.15) is 30.5 Å². The van der Waals surface area contributed by atoms with Crippen LogP contribution in [0.4, 0.5) is 13.2 Å². The number of hydrogen-bond acceptors (Lipinski definition) is 7. The number of benzene rings is 1. The Hall–Kier alpha value is -4.09. The number of rotatable bonds is 4. The largest absolute Gasteiger partial charge is 0.493 e. The van der Waals surface area contributed by atoms with Crippen LogP contribution in [0.5, 0.6) is 5.75 Å². The zero-order valence-corrected chi connectivity index (χ0v) is 18.8. The number of ether oxygens (including phenoxy) is 1. The van der Waals surface area contributed by atoms with Gasteiger partial charge >= 0.3 is 17.8 Å². The summed E-state index contributed by atoms with van der Waals surface area (Å²) in [5.74, 6) is -1.79. The first kappa shape index (κ1) is 22.7. The molecule has 0 aliphatic carbocycles. The van der Waals surface area contributed by atoms with Crippen LogP contribution >= 0.6 is 0 Å². The fourth-order valence-electron chi connectivity index (χ4n) is 4.58. The van der Waals surface area contributed by atoms with Gasteiger partial charge in [0.2, 0.25) is 0 Å². The molecule has 0 amide bonds. The molecule has 12 heteroatoms. The Kier molecular flexibility index (Phi) is 5.00. The van der Waals surface area contributed by atoms with Gasteiger partial charge in [0.05, 0.1) is 17.0 Å². The third kappa shape index (κ3) is 3.23. The molecule has 35 heavy (non-hydrogen) atoms. The highest BCUT2D eigenvalue weighted by atomic mass is 19.4. The first-order chi connectivity index (χ1) is 16.6. The summed E-state index contributed by atoms with van der Waals surface area (Å²) in [5.41, 5.74) is 0.167. The maximum atomic E-state index is 13.6. The van der Waals surface area contributed by atoms with Gasteiger partial charge in [-0.2, -0.15) is 13.2 Å². The molecule has 0 saturated heterocycles. The summed E-state index contributed by atoms with van der Waals surface area (Å²) >= 11 is 0. The second-order valence-electron chi connectivity index (χ2n) is 8.19.